The van der Waals surface area contributed by atoms with Crippen LogP contribution in [0.5, 0.6) is 0 Å². The molecule has 3 heteroatoms. The van der Waals surface area contributed by atoms with Gasteiger partial charge in [-0.15, -0.1) is 0 Å². The number of likely N-dealkylation sites (N-methyl/N-ethyl adjacent to an activating group) is 1. The smallest absolute Gasteiger partial charge is 0.120 e. The minimum Gasteiger partial charge on any atom is -0.468 e. The van der Waals surface area contributed by atoms with Gasteiger partial charge in [0.2, 0.25) is 0 Å². The molecule has 3 nitrogen and oxygen atoms in total. The molecular formula is C13H22N2O. The number of nitrogens with zero attached hydrogens (tertiary/aromatic N) is 1. The highest BCUT2D eigenvalue weighted by Gasteiger charge is 2.21. The van der Waals surface area contributed by atoms with E-state index in [0.717, 1.165) is 24.9 Å². The molecule has 1 fully saturated rings. The first-order valence-corrected chi connectivity index (χ1v) is 6.24. The summed E-state index contributed by atoms with van der Waals surface area (Å²) in [6.07, 6.45) is 5.90. The molecule has 0 spiro atoms. The number of furan rings is 1. The lowest BCUT2D eigenvalue weighted by atomic mass is 9.92. The molecule has 1 aliphatic rings. The van der Waals surface area contributed by atoms with E-state index >= 15 is 0 Å². The molecule has 1 aromatic heterocycles. The van der Waals surface area contributed by atoms with Crippen molar-refractivity contribution in [2.75, 3.05) is 20.1 Å². The van der Waals surface area contributed by atoms with Crippen molar-refractivity contribution in [1.29, 1.82) is 0 Å². The van der Waals surface area contributed by atoms with Gasteiger partial charge in [-0.1, -0.05) is 6.42 Å². The van der Waals surface area contributed by atoms with Gasteiger partial charge in [0, 0.05) is 19.1 Å². The molecule has 0 radical (unpaired) electrons. The largest absolute Gasteiger partial charge is 0.468 e. The van der Waals surface area contributed by atoms with Crippen molar-refractivity contribution < 1.29 is 4.42 Å². The van der Waals surface area contributed by atoms with E-state index in [-0.39, 0.29) is 0 Å². The Balaban J connectivity index is 1.63. The molecule has 1 aromatic rings. The molecule has 2 rings (SSSR count). The van der Waals surface area contributed by atoms with Crippen molar-refractivity contribution in [2.24, 2.45) is 0 Å². The van der Waals surface area contributed by atoms with Gasteiger partial charge in [-0.2, -0.15) is 0 Å². The van der Waals surface area contributed by atoms with E-state index in [2.05, 4.69) is 24.2 Å². The average Bonchev–Trinajstić information content (AvgIpc) is 2.67. The van der Waals surface area contributed by atoms with Crippen LogP contribution in [0.15, 0.2) is 22.8 Å². The number of rotatable bonds is 6. The molecule has 0 bridgehead atoms. The van der Waals surface area contributed by atoms with Crippen LogP contribution in [-0.2, 0) is 0 Å². The van der Waals surface area contributed by atoms with E-state index < -0.39 is 0 Å². The standard InChI is InChI=1S/C13H22N2O/c1-11(13-7-4-10-16-13)14-8-9-15(2)12-5-3-6-12/h4,7,10-12,14H,3,5-6,8-9H2,1-2H3. The van der Waals surface area contributed by atoms with E-state index in [0.29, 0.717) is 6.04 Å². The third kappa shape index (κ3) is 2.86. The maximum atomic E-state index is 5.36. The molecule has 1 heterocycles. The first-order chi connectivity index (χ1) is 7.77. The lowest BCUT2D eigenvalue weighted by Gasteiger charge is -2.34. The predicted molar refractivity (Wildman–Crippen MR) is 65.4 cm³/mol. The zero-order valence-electron chi connectivity index (χ0n) is 10.3. The number of nitrogens with one attached hydrogen (secondary N) is 1. The minimum atomic E-state index is 0.310. The van der Waals surface area contributed by atoms with Gasteiger partial charge in [0.15, 0.2) is 0 Å². The second-order valence-electron chi connectivity index (χ2n) is 4.76. The Morgan fingerprint density at radius 3 is 2.94 bits per heavy atom. The van der Waals surface area contributed by atoms with Crippen molar-refractivity contribution in [3.8, 4) is 0 Å². The zero-order valence-corrected chi connectivity index (χ0v) is 10.3. The Hall–Kier alpha value is -0.800. The van der Waals surface area contributed by atoms with Gasteiger partial charge in [-0.05, 0) is 38.9 Å². The summed E-state index contributed by atoms with van der Waals surface area (Å²) in [7, 11) is 2.23. The van der Waals surface area contributed by atoms with Crippen molar-refractivity contribution in [2.45, 2.75) is 38.3 Å². The Kier molecular flexibility index (Phi) is 4.02. The van der Waals surface area contributed by atoms with E-state index in [9.17, 15) is 0 Å². The van der Waals surface area contributed by atoms with Crippen LogP contribution in [0.2, 0.25) is 0 Å². The van der Waals surface area contributed by atoms with E-state index in [4.69, 9.17) is 4.42 Å². The number of hydrogen-bond acceptors (Lipinski definition) is 3. The molecule has 90 valence electrons. The first-order valence-electron chi connectivity index (χ1n) is 6.24. The van der Waals surface area contributed by atoms with Gasteiger partial charge in [0.05, 0.1) is 12.3 Å². The summed E-state index contributed by atoms with van der Waals surface area (Å²) >= 11 is 0. The van der Waals surface area contributed by atoms with E-state index in [1.165, 1.54) is 19.3 Å². The van der Waals surface area contributed by atoms with Crippen molar-refractivity contribution in [3.05, 3.63) is 24.2 Å². The summed E-state index contributed by atoms with van der Waals surface area (Å²) in [6.45, 7) is 4.28. The monoisotopic (exact) mass is 222 g/mol. The van der Waals surface area contributed by atoms with Crippen molar-refractivity contribution in [3.63, 3.8) is 0 Å². The van der Waals surface area contributed by atoms with Crippen LogP contribution in [0.3, 0.4) is 0 Å². The van der Waals surface area contributed by atoms with Crippen LogP contribution in [-0.4, -0.2) is 31.1 Å². The lowest BCUT2D eigenvalue weighted by molar-refractivity contribution is 0.159. The second-order valence-corrected chi connectivity index (χ2v) is 4.76. The maximum absolute atomic E-state index is 5.36. The minimum absolute atomic E-state index is 0.310. The van der Waals surface area contributed by atoms with Gasteiger partial charge in [-0.3, -0.25) is 0 Å². The van der Waals surface area contributed by atoms with E-state index in [1.807, 2.05) is 12.1 Å². The van der Waals surface area contributed by atoms with Gasteiger partial charge in [-0.25, -0.2) is 0 Å². The van der Waals surface area contributed by atoms with Gasteiger partial charge < -0.3 is 14.6 Å². The fourth-order valence-corrected chi connectivity index (χ4v) is 2.11. The summed E-state index contributed by atoms with van der Waals surface area (Å²) in [4.78, 5) is 2.46. The van der Waals surface area contributed by atoms with E-state index in [1.54, 1.807) is 6.26 Å². The molecule has 0 aromatic carbocycles. The van der Waals surface area contributed by atoms with Crippen LogP contribution < -0.4 is 5.32 Å². The SMILES string of the molecule is CC(NCCN(C)C1CCC1)c1ccco1. The molecule has 1 aliphatic carbocycles. The van der Waals surface area contributed by atoms with Gasteiger partial charge in [0.1, 0.15) is 5.76 Å². The fraction of sp³-hybridized carbons (Fsp3) is 0.692. The molecular weight excluding hydrogens is 200 g/mol. The molecule has 0 saturated heterocycles. The van der Waals surface area contributed by atoms with Crippen LogP contribution in [0, 0.1) is 0 Å². The Morgan fingerprint density at radius 2 is 2.38 bits per heavy atom. The predicted octanol–water partition coefficient (Wildman–Crippen LogP) is 2.41. The molecule has 1 saturated carbocycles. The fourth-order valence-electron chi connectivity index (χ4n) is 2.11. The lowest BCUT2D eigenvalue weighted by Crippen LogP contribution is -2.41. The zero-order chi connectivity index (χ0) is 11.4. The summed E-state index contributed by atoms with van der Waals surface area (Å²) in [5.41, 5.74) is 0. The van der Waals surface area contributed by atoms with Crippen LogP contribution in [0.4, 0.5) is 0 Å². The molecule has 16 heavy (non-hydrogen) atoms. The highest BCUT2D eigenvalue weighted by Crippen LogP contribution is 2.23. The van der Waals surface area contributed by atoms with Crippen LogP contribution >= 0.6 is 0 Å². The maximum Gasteiger partial charge on any atom is 0.120 e. The summed E-state index contributed by atoms with van der Waals surface area (Å²) in [6, 6.07) is 5.10. The Labute approximate surface area is 97.8 Å². The topological polar surface area (TPSA) is 28.4 Å². The molecule has 1 atom stereocenters. The number of hydrogen-bond donors (Lipinski definition) is 1. The highest BCUT2D eigenvalue weighted by molar-refractivity contribution is 5.02. The van der Waals surface area contributed by atoms with Crippen LogP contribution in [0.1, 0.15) is 38.0 Å². The molecule has 1 unspecified atom stereocenters. The Bertz CT molecular complexity index is 293. The normalized spacial score (nSPS) is 18.7. The summed E-state index contributed by atoms with van der Waals surface area (Å²) in [5.74, 6) is 1.02. The average molecular weight is 222 g/mol. The Morgan fingerprint density at radius 1 is 1.56 bits per heavy atom. The summed E-state index contributed by atoms with van der Waals surface area (Å²) < 4.78 is 5.36. The van der Waals surface area contributed by atoms with Crippen molar-refractivity contribution in [1.82, 2.24) is 10.2 Å². The molecule has 0 aliphatic heterocycles. The summed E-state index contributed by atoms with van der Waals surface area (Å²) in [5, 5.41) is 3.48. The van der Waals surface area contributed by atoms with Gasteiger partial charge >= 0.3 is 0 Å². The van der Waals surface area contributed by atoms with Crippen molar-refractivity contribution >= 4 is 0 Å². The molecule has 1 N–H and O–H groups in total. The quantitative estimate of drug-likeness (QED) is 0.801. The van der Waals surface area contributed by atoms with Crippen LogP contribution in [0.25, 0.3) is 0 Å². The van der Waals surface area contributed by atoms with Gasteiger partial charge in [0.25, 0.3) is 0 Å². The highest BCUT2D eigenvalue weighted by atomic mass is 16.3. The molecule has 0 amide bonds. The first kappa shape index (κ1) is 11.7. The third-order valence-corrected chi connectivity index (χ3v) is 3.58. The third-order valence-electron chi connectivity index (χ3n) is 3.58. The second kappa shape index (κ2) is 5.51.